The number of hydrogen-bond acceptors (Lipinski definition) is 8. The van der Waals surface area contributed by atoms with Crippen molar-refractivity contribution in [2.24, 2.45) is 0 Å². The first-order chi connectivity index (χ1) is 14.1. The predicted octanol–water partition coefficient (Wildman–Crippen LogP) is 3.83. The van der Waals surface area contributed by atoms with Crippen molar-refractivity contribution in [3.8, 4) is 28.7 Å². The highest BCUT2D eigenvalue weighted by Crippen LogP contribution is 2.24. The number of esters is 1. The summed E-state index contributed by atoms with van der Waals surface area (Å²) in [5.74, 6) is 1.98. The largest absolute Gasteiger partial charge is 0.497 e. The molecule has 0 aliphatic carbocycles. The van der Waals surface area contributed by atoms with Crippen LogP contribution in [0.2, 0.25) is 0 Å². The van der Waals surface area contributed by atoms with Crippen LogP contribution in [0.4, 0.5) is 0 Å². The minimum atomic E-state index is -0.703. The fourth-order valence-electron chi connectivity index (χ4n) is 2.47. The average Bonchev–Trinajstić information content (AvgIpc) is 3.24. The van der Waals surface area contributed by atoms with Gasteiger partial charge in [0.1, 0.15) is 17.2 Å². The zero-order valence-corrected chi connectivity index (χ0v) is 16.5. The van der Waals surface area contributed by atoms with E-state index in [4.69, 9.17) is 23.4 Å². The molecule has 152 valence electrons. The van der Waals surface area contributed by atoms with E-state index in [1.807, 2.05) is 6.92 Å². The molecule has 8 nitrogen and oxygen atoms in total. The van der Waals surface area contributed by atoms with Gasteiger partial charge < -0.3 is 23.4 Å². The third-order valence-electron chi connectivity index (χ3n) is 3.93. The molecule has 0 N–H and O–H groups in total. The molecule has 3 rings (SSSR count). The van der Waals surface area contributed by atoms with Gasteiger partial charge in [0.25, 0.3) is 5.89 Å². The molecule has 1 atom stereocenters. The van der Waals surface area contributed by atoms with Gasteiger partial charge in [-0.15, -0.1) is 10.2 Å². The molecule has 0 amide bonds. The van der Waals surface area contributed by atoms with Crippen molar-refractivity contribution in [3.63, 3.8) is 0 Å². The van der Waals surface area contributed by atoms with Crippen molar-refractivity contribution in [3.05, 3.63) is 54.4 Å². The van der Waals surface area contributed by atoms with Crippen molar-refractivity contribution in [1.29, 1.82) is 0 Å². The van der Waals surface area contributed by atoms with E-state index in [1.165, 1.54) is 0 Å². The molecule has 8 heteroatoms. The highest BCUT2D eigenvalue weighted by Gasteiger charge is 2.19. The Labute approximate surface area is 168 Å². The van der Waals surface area contributed by atoms with Crippen LogP contribution in [0.15, 0.2) is 52.9 Å². The first-order valence-electron chi connectivity index (χ1n) is 9.12. The van der Waals surface area contributed by atoms with Crippen molar-refractivity contribution in [2.45, 2.75) is 20.0 Å². The number of carbonyl (C=O) groups is 1. The van der Waals surface area contributed by atoms with E-state index in [-0.39, 0.29) is 12.5 Å². The average molecular weight is 398 g/mol. The lowest BCUT2D eigenvalue weighted by Gasteiger charge is -2.10. The first kappa shape index (κ1) is 20.2. The topological polar surface area (TPSA) is 92.9 Å². The summed E-state index contributed by atoms with van der Waals surface area (Å²) >= 11 is 0. The van der Waals surface area contributed by atoms with Gasteiger partial charge in [-0.05, 0) is 62.4 Å². The summed E-state index contributed by atoms with van der Waals surface area (Å²) in [5, 5.41) is 7.95. The van der Waals surface area contributed by atoms with Crippen LogP contribution in [0, 0.1) is 0 Å². The highest BCUT2D eigenvalue weighted by molar-refractivity contribution is 5.71. The molecular formula is C21H22N2O6. The van der Waals surface area contributed by atoms with Crippen LogP contribution >= 0.6 is 0 Å². The molecule has 0 saturated heterocycles. The number of hydrogen-bond donors (Lipinski definition) is 0. The van der Waals surface area contributed by atoms with Crippen LogP contribution in [0.25, 0.3) is 11.5 Å². The Morgan fingerprint density at radius 2 is 1.59 bits per heavy atom. The molecule has 2 aromatic carbocycles. The smallest absolute Gasteiger partial charge is 0.344 e. The lowest BCUT2D eigenvalue weighted by atomic mass is 10.2. The van der Waals surface area contributed by atoms with E-state index in [2.05, 4.69) is 10.2 Å². The van der Waals surface area contributed by atoms with Gasteiger partial charge in [-0.25, -0.2) is 4.79 Å². The van der Waals surface area contributed by atoms with Crippen LogP contribution in [-0.4, -0.2) is 36.5 Å². The number of methoxy groups -OCH3 is 1. The molecule has 0 aliphatic heterocycles. The van der Waals surface area contributed by atoms with Gasteiger partial charge >= 0.3 is 5.97 Å². The van der Waals surface area contributed by atoms with Gasteiger partial charge in [-0.2, -0.15) is 0 Å². The third-order valence-corrected chi connectivity index (χ3v) is 3.93. The second-order valence-corrected chi connectivity index (χ2v) is 6.00. The second-order valence-electron chi connectivity index (χ2n) is 6.00. The van der Waals surface area contributed by atoms with E-state index >= 15 is 0 Å². The lowest BCUT2D eigenvalue weighted by Crippen LogP contribution is -2.17. The van der Waals surface area contributed by atoms with E-state index in [1.54, 1.807) is 62.6 Å². The van der Waals surface area contributed by atoms with E-state index in [0.717, 1.165) is 17.1 Å². The number of nitrogens with zero attached hydrogens (tertiary/aromatic N) is 2. The predicted molar refractivity (Wildman–Crippen MR) is 104 cm³/mol. The Hall–Kier alpha value is -3.55. The molecule has 0 bridgehead atoms. The Kier molecular flexibility index (Phi) is 6.67. The van der Waals surface area contributed by atoms with Gasteiger partial charge in [0.2, 0.25) is 5.89 Å². The van der Waals surface area contributed by atoms with E-state index < -0.39 is 12.1 Å². The molecular weight excluding hydrogens is 376 g/mol. The second kappa shape index (κ2) is 9.59. The van der Waals surface area contributed by atoms with Gasteiger partial charge in [0.05, 0.1) is 13.7 Å². The highest BCUT2D eigenvalue weighted by atomic mass is 16.6. The molecule has 0 saturated carbocycles. The van der Waals surface area contributed by atoms with Crippen LogP contribution in [0.1, 0.15) is 25.8 Å². The van der Waals surface area contributed by atoms with Crippen molar-refractivity contribution >= 4 is 5.97 Å². The Balaban J connectivity index is 1.52. The summed E-state index contributed by atoms with van der Waals surface area (Å²) in [6.45, 7) is 3.91. The summed E-state index contributed by atoms with van der Waals surface area (Å²) in [6, 6.07) is 14.2. The summed E-state index contributed by atoms with van der Waals surface area (Å²) in [7, 11) is 1.59. The monoisotopic (exact) mass is 398 g/mol. The van der Waals surface area contributed by atoms with Gasteiger partial charge in [0, 0.05) is 5.56 Å². The molecule has 29 heavy (non-hydrogen) atoms. The van der Waals surface area contributed by atoms with Crippen LogP contribution in [-0.2, 0) is 9.53 Å². The van der Waals surface area contributed by atoms with Gasteiger partial charge in [0.15, 0.2) is 12.7 Å². The standard InChI is InChI=1S/C21H22N2O6/c1-4-26-17-9-11-18(12-10-17)27-13-19(24)28-14(2)20-22-23-21(29-20)15-5-7-16(25-3)8-6-15/h5-12,14H,4,13H2,1-3H3/t14-/m1/s1. The van der Waals surface area contributed by atoms with Gasteiger partial charge in [-0.1, -0.05) is 0 Å². The number of benzene rings is 2. The maximum absolute atomic E-state index is 12.0. The van der Waals surface area contributed by atoms with Crippen molar-refractivity contribution < 1.29 is 28.2 Å². The fourth-order valence-corrected chi connectivity index (χ4v) is 2.47. The zero-order valence-electron chi connectivity index (χ0n) is 16.5. The van der Waals surface area contributed by atoms with Gasteiger partial charge in [-0.3, -0.25) is 0 Å². The molecule has 3 aromatic rings. The molecule has 0 fully saturated rings. The van der Waals surface area contributed by atoms with Crippen LogP contribution in [0.3, 0.4) is 0 Å². The molecule has 0 unspecified atom stereocenters. The maximum Gasteiger partial charge on any atom is 0.344 e. The number of aromatic nitrogens is 2. The van der Waals surface area contributed by atoms with E-state index in [0.29, 0.717) is 18.2 Å². The summed E-state index contributed by atoms with van der Waals surface area (Å²) in [5.41, 5.74) is 0.738. The Morgan fingerprint density at radius 1 is 0.966 bits per heavy atom. The molecule has 0 radical (unpaired) electrons. The fraction of sp³-hybridized carbons (Fsp3) is 0.286. The molecule has 0 spiro atoms. The number of carbonyl (C=O) groups excluding carboxylic acids is 1. The third kappa shape index (κ3) is 5.47. The summed E-state index contributed by atoms with van der Waals surface area (Å²) < 4.78 is 26.8. The number of ether oxygens (including phenoxy) is 4. The Morgan fingerprint density at radius 3 is 2.21 bits per heavy atom. The normalized spacial score (nSPS) is 11.6. The quantitative estimate of drug-likeness (QED) is 0.502. The van der Waals surface area contributed by atoms with E-state index in [9.17, 15) is 4.79 Å². The molecule has 1 aromatic heterocycles. The summed E-state index contributed by atoms with van der Waals surface area (Å²) in [4.78, 5) is 12.0. The molecule has 1 heterocycles. The van der Waals surface area contributed by atoms with Crippen LogP contribution < -0.4 is 14.2 Å². The Bertz CT molecular complexity index is 921. The number of rotatable bonds is 9. The van der Waals surface area contributed by atoms with Crippen LogP contribution in [0.5, 0.6) is 17.2 Å². The van der Waals surface area contributed by atoms with Crippen molar-refractivity contribution in [1.82, 2.24) is 10.2 Å². The maximum atomic E-state index is 12.0. The summed E-state index contributed by atoms with van der Waals surface area (Å²) in [6.07, 6.45) is -0.703. The van der Waals surface area contributed by atoms with Crippen molar-refractivity contribution in [2.75, 3.05) is 20.3 Å². The minimum Gasteiger partial charge on any atom is -0.497 e. The first-order valence-corrected chi connectivity index (χ1v) is 9.12. The minimum absolute atomic E-state index is 0.199. The zero-order chi connectivity index (χ0) is 20.6. The SMILES string of the molecule is CCOc1ccc(OCC(=O)O[C@H](C)c2nnc(-c3ccc(OC)cc3)o2)cc1. The molecule has 0 aliphatic rings. The lowest BCUT2D eigenvalue weighted by molar-refractivity contribution is -0.152.